The third-order valence-corrected chi connectivity index (χ3v) is 4.48. The molecular formula is C23H32O. The van der Waals surface area contributed by atoms with Crippen molar-refractivity contribution < 1.29 is 4.74 Å². The standard InChI is InChI=1S/C23H32O/c1-2-3-4-5-6-7-8-9-13-20-24-23-18-16-22(17-19-23)21-14-11-10-12-15-21/h10-12,14-19H,2-9,13,20H2,1H3. The van der Waals surface area contributed by atoms with Crippen molar-refractivity contribution in [2.45, 2.75) is 64.7 Å². The maximum Gasteiger partial charge on any atom is 0.119 e. The van der Waals surface area contributed by atoms with Crippen LogP contribution in [0.5, 0.6) is 5.75 Å². The van der Waals surface area contributed by atoms with E-state index in [1.165, 1.54) is 62.5 Å². The Hall–Kier alpha value is -1.76. The van der Waals surface area contributed by atoms with Crippen LogP contribution in [0.3, 0.4) is 0 Å². The fourth-order valence-electron chi connectivity index (χ4n) is 2.98. The van der Waals surface area contributed by atoms with E-state index in [1.54, 1.807) is 0 Å². The Morgan fingerprint density at radius 3 is 1.75 bits per heavy atom. The Bertz CT molecular complexity index is 530. The molecule has 0 unspecified atom stereocenters. The van der Waals surface area contributed by atoms with Crippen molar-refractivity contribution in [1.29, 1.82) is 0 Å². The quantitative estimate of drug-likeness (QED) is 0.373. The fourth-order valence-corrected chi connectivity index (χ4v) is 2.98. The van der Waals surface area contributed by atoms with E-state index < -0.39 is 0 Å². The second-order valence-corrected chi connectivity index (χ2v) is 6.57. The highest BCUT2D eigenvalue weighted by Crippen LogP contribution is 2.22. The van der Waals surface area contributed by atoms with Crippen LogP contribution in [0.1, 0.15) is 64.7 Å². The largest absolute Gasteiger partial charge is 0.494 e. The molecule has 2 aromatic rings. The normalized spacial score (nSPS) is 10.7. The third-order valence-electron chi connectivity index (χ3n) is 4.48. The minimum absolute atomic E-state index is 0.834. The summed E-state index contributed by atoms with van der Waals surface area (Å²) in [7, 11) is 0. The average molecular weight is 325 g/mol. The molecular weight excluding hydrogens is 292 g/mol. The summed E-state index contributed by atoms with van der Waals surface area (Å²) in [4.78, 5) is 0. The number of benzene rings is 2. The molecule has 0 fully saturated rings. The van der Waals surface area contributed by atoms with Gasteiger partial charge in [0.15, 0.2) is 0 Å². The molecule has 0 aliphatic carbocycles. The first-order valence-corrected chi connectivity index (χ1v) is 9.68. The molecule has 0 spiro atoms. The van der Waals surface area contributed by atoms with E-state index in [0.717, 1.165) is 18.8 Å². The number of unbranched alkanes of at least 4 members (excludes halogenated alkanes) is 8. The van der Waals surface area contributed by atoms with Crippen LogP contribution in [-0.2, 0) is 0 Å². The highest BCUT2D eigenvalue weighted by molar-refractivity contribution is 5.63. The molecule has 0 aliphatic rings. The van der Waals surface area contributed by atoms with Crippen molar-refractivity contribution in [3.05, 3.63) is 54.6 Å². The lowest BCUT2D eigenvalue weighted by Crippen LogP contribution is -1.97. The van der Waals surface area contributed by atoms with Crippen LogP contribution in [0.4, 0.5) is 0 Å². The Labute approximate surface area is 148 Å². The fraction of sp³-hybridized carbons (Fsp3) is 0.478. The Balaban J connectivity index is 1.55. The Kier molecular flexibility index (Phi) is 9.08. The van der Waals surface area contributed by atoms with E-state index >= 15 is 0 Å². The van der Waals surface area contributed by atoms with E-state index in [0.29, 0.717) is 0 Å². The molecule has 0 amide bonds. The smallest absolute Gasteiger partial charge is 0.119 e. The first kappa shape index (κ1) is 18.6. The van der Waals surface area contributed by atoms with Gasteiger partial charge in [-0.25, -0.2) is 0 Å². The highest BCUT2D eigenvalue weighted by atomic mass is 16.5. The van der Waals surface area contributed by atoms with Gasteiger partial charge in [0.05, 0.1) is 6.61 Å². The molecule has 0 saturated carbocycles. The molecule has 0 bridgehead atoms. The third kappa shape index (κ3) is 7.21. The van der Waals surface area contributed by atoms with E-state index in [1.807, 2.05) is 6.07 Å². The molecule has 1 nitrogen and oxygen atoms in total. The molecule has 2 rings (SSSR count). The second-order valence-electron chi connectivity index (χ2n) is 6.57. The molecule has 130 valence electrons. The molecule has 0 radical (unpaired) electrons. The van der Waals surface area contributed by atoms with Gasteiger partial charge in [0.25, 0.3) is 0 Å². The molecule has 0 aliphatic heterocycles. The van der Waals surface area contributed by atoms with E-state index in [-0.39, 0.29) is 0 Å². The van der Waals surface area contributed by atoms with Gasteiger partial charge in [-0.2, -0.15) is 0 Å². The van der Waals surface area contributed by atoms with Gasteiger partial charge < -0.3 is 4.74 Å². The summed E-state index contributed by atoms with van der Waals surface area (Å²) in [6.45, 7) is 3.11. The summed E-state index contributed by atoms with van der Waals surface area (Å²) in [5.41, 5.74) is 2.49. The zero-order chi connectivity index (χ0) is 16.9. The topological polar surface area (TPSA) is 9.23 Å². The lowest BCUT2D eigenvalue weighted by atomic mass is 10.1. The predicted molar refractivity (Wildman–Crippen MR) is 105 cm³/mol. The monoisotopic (exact) mass is 324 g/mol. The minimum Gasteiger partial charge on any atom is -0.494 e. The zero-order valence-electron chi connectivity index (χ0n) is 15.2. The van der Waals surface area contributed by atoms with E-state index in [9.17, 15) is 0 Å². The molecule has 0 saturated heterocycles. The Morgan fingerprint density at radius 1 is 0.583 bits per heavy atom. The Morgan fingerprint density at radius 2 is 1.12 bits per heavy atom. The van der Waals surface area contributed by atoms with Crippen LogP contribution >= 0.6 is 0 Å². The minimum atomic E-state index is 0.834. The van der Waals surface area contributed by atoms with Gasteiger partial charge in [0, 0.05) is 0 Å². The van der Waals surface area contributed by atoms with Crippen LogP contribution in [-0.4, -0.2) is 6.61 Å². The predicted octanol–water partition coefficient (Wildman–Crippen LogP) is 7.26. The molecule has 24 heavy (non-hydrogen) atoms. The van der Waals surface area contributed by atoms with Crippen molar-refractivity contribution in [3.63, 3.8) is 0 Å². The maximum atomic E-state index is 5.86. The lowest BCUT2D eigenvalue weighted by molar-refractivity contribution is 0.304. The molecule has 0 atom stereocenters. The van der Waals surface area contributed by atoms with Crippen molar-refractivity contribution in [1.82, 2.24) is 0 Å². The van der Waals surface area contributed by atoms with E-state index in [4.69, 9.17) is 4.74 Å². The van der Waals surface area contributed by atoms with Crippen LogP contribution < -0.4 is 4.74 Å². The van der Waals surface area contributed by atoms with Crippen molar-refractivity contribution in [2.75, 3.05) is 6.61 Å². The van der Waals surface area contributed by atoms with Gasteiger partial charge in [-0.05, 0) is 29.7 Å². The average Bonchev–Trinajstić information content (AvgIpc) is 2.64. The van der Waals surface area contributed by atoms with Gasteiger partial charge in [-0.15, -0.1) is 0 Å². The summed E-state index contributed by atoms with van der Waals surface area (Å²) in [5.74, 6) is 0.981. The molecule has 1 heteroatoms. The van der Waals surface area contributed by atoms with Gasteiger partial charge in [0.1, 0.15) is 5.75 Å². The first-order valence-electron chi connectivity index (χ1n) is 9.68. The number of rotatable bonds is 12. The molecule has 0 heterocycles. The summed E-state index contributed by atoms with van der Waals surface area (Å²) in [6.07, 6.45) is 12.2. The number of ether oxygens (including phenoxy) is 1. The van der Waals surface area contributed by atoms with Crippen LogP contribution in [0, 0.1) is 0 Å². The second kappa shape index (κ2) is 11.7. The summed E-state index contributed by atoms with van der Waals surface area (Å²) >= 11 is 0. The van der Waals surface area contributed by atoms with Crippen molar-refractivity contribution in [2.24, 2.45) is 0 Å². The lowest BCUT2D eigenvalue weighted by Gasteiger charge is -2.07. The number of hydrogen-bond acceptors (Lipinski definition) is 1. The SMILES string of the molecule is CCCCCCCCCCCOc1ccc(-c2ccccc2)cc1. The van der Waals surface area contributed by atoms with Crippen LogP contribution in [0.2, 0.25) is 0 Å². The van der Waals surface area contributed by atoms with Crippen molar-refractivity contribution >= 4 is 0 Å². The van der Waals surface area contributed by atoms with Gasteiger partial charge in [-0.1, -0.05) is 101 Å². The summed E-state index contributed by atoms with van der Waals surface area (Å²) in [5, 5.41) is 0. The first-order chi connectivity index (χ1) is 11.9. The summed E-state index contributed by atoms with van der Waals surface area (Å²) < 4.78 is 5.86. The number of hydrogen-bond donors (Lipinski definition) is 0. The van der Waals surface area contributed by atoms with E-state index in [2.05, 4.69) is 55.5 Å². The van der Waals surface area contributed by atoms with Gasteiger partial charge >= 0.3 is 0 Å². The molecule has 0 aromatic heterocycles. The highest BCUT2D eigenvalue weighted by Gasteiger charge is 1.98. The summed E-state index contributed by atoms with van der Waals surface area (Å²) in [6, 6.07) is 18.9. The molecule has 0 N–H and O–H groups in total. The maximum absolute atomic E-state index is 5.86. The van der Waals surface area contributed by atoms with Crippen LogP contribution in [0.25, 0.3) is 11.1 Å². The van der Waals surface area contributed by atoms with Gasteiger partial charge in [0.2, 0.25) is 0 Å². The zero-order valence-corrected chi connectivity index (χ0v) is 15.2. The van der Waals surface area contributed by atoms with Crippen LogP contribution in [0.15, 0.2) is 54.6 Å². The molecule has 2 aromatic carbocycles. The van der Waals surface area contributed by atoms with Gasteiger partial charge in [-0.3, -0.25) is 0 Å². The van der Waals surface area contributed by atoms with Crippen molar-refractivity contribution in [3.8, 4) is 16.9 Å².